The molecule has 1 N–H and O–H groups in total. The molecule has 49 heavy (non-hydrogen) atoms. The van der Waals surface area contributed by atoms with Crippen molar-refractivity contribution in [3.63, 3.8) is 0 Å². The minimum atomic E-state index is -0.839. The van der Waals surface area contributed by atoms with Crippen molar-refractivity contribution in [3.05, 3.63) is 128 Å². The maximum atomic E-state index is 13.5. The van der Waals surface area contributed by atoms with Gasteiger partial charge in [0, 0.05) is 31.6 Å². The fourth-order valence-corrected chi connectivity index (χ4v) is 6.28. The maximum Gasteiger partial charge on any atom is 0.338 e. The second kappa shape index (κ2) is 16.8. The van der Waals surface area contributed by atoms with Crippen LogP contribution in [0.2, 0.25) is 10.0 Å². The summed E-state index contributed by atoms with van der Waals surface area (Å²) in [4.78, 5) is 29.1. The van der Waals surface area contributed by atoms with E-state index >= 15 is 0 Å². The van der Waals surface area contributed by atoms with E-state index in [2.05, 4.69) is 17.3 Å². The molecule has 1 aromatic heterocycles. The molecule has 1 aliphatic rings. The lowest BCUT2D eigenvalue weighted by atomic mass is 10.0. The summed E-state index contributed by atoms with van der Waals surface area (Å²) in [5, 5.41) is 15.5. The molecule has 0 saturated carbocycles. The number of nitrogens with zero attached hydrogens (tertiary/aromatic N) is 2. The number of likely N-dealkylation sites (tertiary alicyclic amines) is 1. The second-order valence-corrected chi connectivity index (χ2v) is 12.7. The average Bonchev–Trinajstić information content (AvgIpc) is 3.10. The van der Waals surface area contributed by atoms with Crippen molar-refractivity contribution in [2.45, 2.75) is 44.1 Å². The van der Waals surface area contributed by atoms with Crippen LogP contribution in [0.1, 0.15) is 57.6 Å². The highest BCUT2D eigenvalue weighted by molar-refractivity contribution is 6.35. The van der Waals surface area contributed by atoms with Crippen LogP contribution in [0.3, 0.4) is 0 Å². The standard InChI is InChI=1S/C37H39Cl2N3O7/c1-41-17-15-28(16-18-41)48-37(44)35(25-7-5-4-6-8-25)40-21-24-9-11-26(12-10-24)36(43)49-33(20-29-30(38)22-42(45)23-31(29)39)27-13-14-32(46-2)34(19-27)47-3/h4-14,19,22-23,28,33,35,40H,15-18,20-21H2,1-3H3/t33-,35?/m0/s1. The molecule has 0 radical (unpaired) electrons. The number of carbonyl (C=O) groups excluding carboxylic acids is 2. The van der Waals surface area contributed by atoms with Gasteiger partial charge in [-0.2, -0.15) is 4.73 Å². The molecule has 0 amide bonds. The van der Waals surface area contributed by atoms with Gasteiger partial charge < -0.3 is 29.1 Å². The van der Waals surface area contributed by atoms with Gasteiger partial charge in [-0.1, -0.05) is 71.7 Å². The van der Waals surface area contributed by atoms with Gasteiger partial charge in [-0.15, -0.1) is 0 Å². The van der Waals surface area contributed by atoms with Crippen molar-refractivity contribution in [3.8, 4) is 11.5 Å². The Balaban J connectivity index is 1.30. The molecule has 1 aliphatic heterocycles. The Morgan fingerprint density at radius 1 is 0.918 bits per heavy atom. The average molecular weight is 709 g/mol. The van der Waals surface area contributed by atoms with E-state index in [1.54, 1.807) is 42.5 Å². The maximum absolute atomic E-state index is 13.5. The van der Waals surface area contributed by atoms with E-state index in [0.29, 0.717) is 39.5 Å². The first-order chi connectivity index (χ1) is 23.6. The molecule has 12 heteroatoms. The second-order valence-electron chi connectivity index (χ2n) is 11.9. The van der Waals surface area contributed by atoms with Gasteiger partial charge in [0.15, 0.2) is 23.9 Å². The summed E-state index contributed by atoms with van der Waals surface area (Å²) >= 11 is 12.8. The Kier molecular flexibility index (Phi) is 12.4. The lowest BCUT2D eigenvalue weighted by Crippen LogP contribution is -2.38. The van der Waals surface area contributed by atoms with E-state index < -0.39 is 18.1 Å². The predicted molar refractivity (Wildman–Crippen MR) is 186 cm³/mol. The van der Waals surface area contributed by atoms with Gasteiger partial charge in [-0.25, -0.2) is 9.59 Å². The summed E-state index contributed by atoms with van der Waals surface area (Å²) in [5.74, 6) is 0.0638. The molecular weight excluding hydrogens is 669 g/mol. The number of halogens is 2. The van der Waals surface area contributed by atoms with Crippen molar-refractivity contribution in [2.75, 3.05) is 34.4 Å². The number of esters is 2. The number of aromatic nitrogens is 1. The molecule has 2 heterocycles. The summed E-state index contributed by atoms with van der Waals surface area (Å²) in [5.41, 5.74) is 3.04. The summed E-state index contributed by atoms with van der Waals surface area (Å²) < 4.78 is 23.3. The van der Waals surface area contributed by atoms with E-state index in [-0.39, 0.29) is 28.5 Å². The SMILES string of the molecule is COc1ccc([C@H](Cc2c(Cl)c[n+]([O-])cc2Cl)OC(=O)c2ccc(CNC(C(=O)OC3CCN(C)CC3)c3ccccc3)cc2)cc1OC. The first kappa shape index (κ1) is 35.9. The van der Waals surface area contributed by atoms with Crippen molar-refractivity contribution in [1.82, 2.24) is 10.2 Å². The molecule has 258 valence electrons. The third kappa shape index (κ3) is 9.42. The zero-order valence-electron chi connectivity index (χ0n) is 27.6. The van der Waals surface area contributed by atoms with E-state index in [1.807, 2.05) is 30.3 Å². The molecule has 3 aromatic carbocycles. The number of benzene rings is 3. The molecule has 0 spiro atoms. The topological polar surface area (TPSA) is 113 Å². The summed E-state index contributed by atoms with van der Waals surface area (Å²) in [6.07, 6.45) is 3.14. The molecule has 1 unspecified atom stereocenters. The number of methoxy groups -OCH3 is 2. The number of rotatable bonds is 13. The van der Waals surface area contributed by atoms with Crippen LogP contribution >= 0.6 is 23.2 Å². The van der Waals surface area contributed by atoms with E-state index in [9.17, 15) is 14.8 Å². The molecule has 1 saturated heterocycles. The summed E-state index contributed by atoms with van der Waals surface area (Å²) in [7, 11) is 5.10. The molecule has 0 aliphatic carbocycles. The van der Waals surface area contributed by atoms with Crippen LogP contribution in [-0.2, 0) is 27.2 Å². The van der Waals surface area contributed by atoms with Crippen LogP contribution in [0.4, 0.5) is 0 Å². The first-order valence-electron chi connectivity index (χ1n) is 15.9. The highest BCUT2D eigenvalue weighted by Gasteiger charge is 2.28. The van der Waals surface area contributed by atoms with Crippen LogP contribution in [0, 0.1) is 5.21 Å². The number of ether oxygens (including phenoxy) is 4. The molecular formula is C37H39Cl2N3O7. The summed E-state index contributed by atoms with van der Waals surface area (Å²) in [6, 6.07) is 21.0. The fraction of sp³-hybridized carbons (Fsp3) is 0.324. The van der Waals surface area contributed by atoms with Gasteiger partial charge in [-0.3, -0.25) is 5.32 Å². The lowest BCUT2D eigenvalue weighted by Gasteiger charge is -2.30. The van der Waals surface area contributed by atoms with Crippen molar-refractivity contribution in [2.24, 2.45) is 0 Å². The normalized spacial score (nSPS) is 14.9. The number of nitrogens with one attached hydrogen (secondary N) is 1. The Bertz CT molecular complexity index is 1710. The quantitative estimate of drug-likeness (QED) is 0.0978. The van der Waals surface area contributed by atoms with Gasteiger partial charge in [0.25, 0.3) is 0 Å². The fourth-order valence-electron chi connectivity index (χ4n) is 5.69. The molecule has 10 nitrogen and oxygen atoms in total. The highest BCUT2D eigenvalue weighted by atomic mass is 35.5. The molecule has 0 bridgehead atoms. The number of pyridine rings is 1. The highest BCUT2D eigenvalue weighted by Crippen LogP contribution is 2.35. The first-order valence-corrected chi connectivity index (χ1v) is 16.7. The van der Waals surface area contributed by atoms with Gasteiger partial charge in [0.1, 0.15) is 28.3 Å². The van der Waals surface area contributed by atoms with Crippen LogP contribution < -0.4 is 19.5 Å². The van der Waals surface area contributed by atoms with Crippen LogP contribution in [-0.4, -0.2) is 57.3 Å². The van der Waals surface area contributed by atoms with Crippen LogP contribution in [0.5, 0.6) is 11.5 Å². The third-order valence-electron chi connectivity index (χ3n) is 8.49. The van der Waals surface area contributed by atoms with Gasteiger partial charge >= 0.3 is 11.9 Å². The van der Waals surface area contributed by atoms with Crippen molar-refractivity contribution >= 4 is 35.1 Å². The zero-order chi connectivity index (χ0) is 34.9. The van der Waals surface area contributed by atoms with E-state index in [0.717, 1.165) is 37.1 Å². The lowest BCUT2D eigenvalue weighted by molar-refractivity contribution is -0.605. The Labute approximate surface area is 296 Å². The summed E-state index contributed by atoms with van der Waals surface area (Å²) in [6.45, 7) is 2.14. The molecule has 5 rings (SSSR count). The zero-order valence-corrected chi connectivity index (χ0v) is 29.1. The minimum Gasteiger partial charge on any atom is -0.619 e. The Hall–Kier alpha value is -4.35. The number of hydrogen-bond donors (Lipinski definition) is 1. The van der Waals surface area contributed by atoms with Gasteiger partial charge in [-0.05, 0) is 60.8 Å². The molecule has 1 fully saturated rings. The monoisotopic (exact) mass is 707 g/mol. The molecule has 4 aromatic rings. The number of carbonyl (C=O) groups is 2. The Morgan fingerprint density at radius 3 is 2.20 bits per heavy atom. The van der Waals surface area contributed by atoms with Gasteiger partial charge in [0.2, 0.25) is 0 Å². The minimum absolute atomic E-state index is 0.0935. The molecule has 2 atom stereocenters. The van der Waals surface area contributed by atoms with E-state index in [4.69, 9.17) is 42.1 Å². The van der Waals surface area contributed by atoms with Crippen molar-refractivity contribution < 1.29 is 33.3 Å². The number of hydrogen-bond acceptors (Lipinski definition) is 9. The van der Waals surface area contributed by atoms with E-state index in [1.165, 1.54) is 26.6 Å². The largest absolute Gasteiger partial charge is 0.619 e. The smallest absolute Gasteiger partial charge is 0.338 e. The van der Waals surface area contributed by atoms with Crippen LogP contribution in [0.25, 0.3) is 0 Å². The van der Waals surface area contributed by atoms with Crippen LogP contribution in [0.15, 0.2) is 85.2 Å². The predicted octanol–water partition coefficient (Wildman–Crippen LogP) is 6.25. The third-order valence-corrected chi connectivity index (χ3v) is 9.14. The van der Waals surface area contributed by atoms with Gasteiger partial charge in [0.05, 0.1) is 19.8 Å². The van der Waals surface area contributed by atoms with Crippen molar-refractivity contribution in [1.29, 1.82) is 0 Å². The Morgan fingerprint density at radius 2 is 1.57 bits per heavy atom. The number of piperidine rings is 1.